The van der Waals surface area contributed by atoms with Gasteiger partial charge >= 0.3 is 6.18 Å². The maximum absolute atomic E-state index is 12.4. The molecule has 0 radical (unpaired) electrons. The van der Waals surface area contributed by atoms with Crippen molar-refractivity contribution in [2.45, 2.75) is 25.2 Å². The topological polar surface area (TPSA) is 45.8 Å². The predicted octanol–water partition coefficient (Wildman–Crippen LogP) is 2.85. The molecule has 0 aromatic carbocycles. The van der Waals surface area contributed by atoms with Crippen molar-refractivity contribution in [2.24, 2.45) is 0 Å². The molecule has 3 nitrogen and oxygen atoms in total. The summed E-state index contributed by atoms with van der Waals surface area (Å²) >= 11 is 1.05. The maximum atomic E-state index is 12.4. The number of hydrogen-bond acceptors (Lipinski definition) is 3. The van der Waals surface area contributed by atoms with Crippen LogP contribution in [0.2, 0.25) is 0 Å². The lowest BCUT2D eigenvalue weighted by molar-refractivity contribution is -0.141. The number of allylic oxidation sites excluding steroid dienone is 1. The zero-order chi connectivity index (χ0) is 13.1. The van der Waals surface area contributed by atoms with Gasteiger partial charge in [0.1, 0.15) is 0 Å². The molecule has 0 aliphatic heterocycles. The lowest BCUT2D eigenvalue weighted by Crippen LogP contribution is -2.16. The molecular formula is C10H11F3N2OS. The number of aromatic nitrogens is 2. The smallest absolute Gasteiger partial charge is 0.301 e. The Kier molecular flexibility index (Phi) is 4.39. The van der Waals surface area contributed by atoms with Gasteiger partial charge in [-0.2, -0.15) is 13.2 Å². The van der Waals surface area contributed by atoms with Gasteiger partial charge < -0.3 is 4.98 Å². The molecular weight excluding hydrogens is 253 g/mol. The highest BCUT2D eigenvalue weighted by atomic mass is 32.2. The van der Waals surface area contributed by atoms with Crippen LogP contribution >= 0.6 is 11.8 Å². The summed E-state index contributed by atoms with van der Waals surface area (Å²) in [5, 5.41) is -0.0256. The van der Waals surface area contributed by atoms with Crippen LogP contribution in [0, 0.1) is 0 Å². The summed E-state index contributed by atoms with van der Waals surface area (Å²) in [6.45, 7) is 3.76. The molecule has 0 saturated carbocycles. The van der Waals surface area contributed by atoms with Gasteiger partial charge in [0.2, 0.25) is 0 Å². The summed E-state index contributed by atoms with van der Waals surface area (Å²) in [4.78, 5) is 16.6. The summed E-state index contributed by atoms with van der Waals surface area (Å²) in [5.74, 6) is 0.465. The van der Waals surface area contributed by atoms with E-state index in [1.165, 1.54) is 0 Å². The Hall–Kier alpha value is -1.24. The molecule has 1 aromatic heterocycles. The van der Waals surface area contributed by atoms with Crippen molar-refractivity contribution >= 4 is 11.8 Å². The first-order chi connectivity index (χ1) is 7.79. The number of nitrogens with zero attached hydrogens (tertiary/aromatic N) is 1. The number of hydrogen-bond donors (Lipinski definition) is 1. The third-order valence-corrected chi connectivity index (χ3v) is 2.52. The normalized spacial score (nSPS) is 11.4. The van der Waals surface area contributed by atoms with Crippen molar-refractivity contribution in [2.75, 3.05) is 5.75 Å². The van der Waals surface area contributed by atoms with Gasteiger partial charge in [-0.1, -0.05) is 23.4 Å². The first-order valence-corrected chi connectivity index (χ1v) is 5.72. The molecule has 0 fully saturated rings. The minimum Gasteiger partial charge on any atom is -0.301 e. The first kappa shape index (κ1) is 13.8. The van der Waals surface area contributed by atoms with Gasteiger partial charge in [0.25, 0.3) is 5.56 Å². The van der Waals surface area contributed by atoms with Crippen molar-refractivity contribution in [3.63, 3.8) is 0 Å². The quantitative estimate of drug-likeness (QED) is 0.518. The SMILES string of the molecule is CC(C)=CCSc1nc(C(F)(F)F)cc(=O)[nH]1. The predicted molar refractivity (Wildman–Crippen MR) is 60.0 cm³/mol. The van der Waals surface area contributed by atoms with E-state index in [-0.39, 0.29) is 5.16 Å². The maximum Gasteiger partial charge on any atom is 0.433 e. The molecule has 0 spiro atoms. The molecule has 0 unspecified atom stereocenters. The van der Waals surface area contributed by atoms with E-state index in [9.17, 15) is 18.0 Å². The van der Waals surface area contributed by atoms with Gasteiger partial charge in [0, 0.05) is 11.8 Å². The van der Waals surface area contributed by atoms with Crippen LogP contribution in [-0.2, 0) is 6.18 Å². The number of halogens is 3. The fourth-order valence-electron chi connectivity index (χ4n) is 0.936. The van der Waals surface area contributed by atoms with Crippen molar-refractivity contribution in [1.29, 1.82) is 0 Å². The van der Waals surface area contributed by atoms with Crippen LogP contribution in [0.1, 0.15) is 19.5 Å². The molecule has 0 saturated heterocycles. The Bertz CT molecular complexity index is 475. The Labute approximate surface area is 100 Å². The zero-order valence-electron chi connectivity index (χ0n) is 9.26. The molecule has 0 bridgehead atoms. The number of H-pyrrole nitrogens is 1. The van der Waals surface area contributed by atoms with Crippen molar-refractivity contribution < 1.29 is 13.2 Å². The number of thioether (sulfide) groups is 1. The molecule has 0 aliphatic rings. The molecule has 94 valence electrons. The second-order valence-corrected chi connectivity index (χ2v) is 4.53. The van der Waals surface area contributed by atoms with Gasteiger partial charge in [0.05, 0.1) is 0 Å². The fraction of sp³-hybridized carbons (Fsp3) is 0.400. The van der Waals surface area contributed by atoms with Crippen LogP contribution in [0.3, 0.4) is 0 Å². The fourth-order valence-corrected chi connectivity index (χ4v) is 1.85. The van der Waals surface area contributed by atoms with Gasteiger partial charge in [-0.25, -0.2) is 4.98 Å². The molecule has 1 heterocycles. The first-order valence-electron chi connectivity index (χ1n) is 4.74. The molecule has 1 rings (SSSR count). The number of nitrogens with one attached hydrogen (secondary N) is 1. The third-order valence-electron chi connectivity index (χ3n) is 1.72. The average molecular weight is 264 g/mol. The standard InChI is InChI=1S/C10H11F3N2OS/c1-6(2)3-4-17-9-14-7(10(11,12)13)5-8(16)15-9/h3,5H,4H2,1-2H3,(H,14,15,16). The third kappa shape index (κ3) is 4.64. The number of rotatable bonds is 3. The van der Waals surface area contributed by atoms with Gasteiger partial charge in [-0.3, -0.25) is 4.79 Å². The van der Waals surface area contributed by atoms with Gasteiger partial charge in [-0.15, -0.1) is 0 Å². The molecule has 1 aromatic rings. The van der Waals surface area contributed by atoms with Gasteiger partial charge in [0.15, 0.2) is 10.9 Å². The highest BCUT2D eigenvalue weighted by molar-refractivity contribution is 7.99. The Morgan fingerprint density at radius 2 is 2.18 bits per heavy atom. The number of aromatic amines is 1. The van der Waals surface area contributed by atoms with E-state index in [2.05, 4.69) is 9.97 Å². The monoisotopic (exact) mass is 264 g/mol. The zero-order valence-corrected chi connectivity index (χ0v) is 10.1. The molecule has 0 aliphatic carbocycles. The summed E-state index contributed by atoms with van der Waals surface area (Å²) < 4.78 is 37.1. The summed E-state index contributed by atoms with van der Waals surface area (Å²) in [6, 6.07) is 0.449. The summed E-state index contributed by atoms with van der Waals surface area (Å²) in [5.41, 5.74) is -0.917. The molecule has 0 atom stereocenters. The van der Waals surface area contributed by atoms with E-state index in [1.54, 1.807) is 0 Å². The van der Waals surface area contributed by atoms with Crippen LogP contribution in [0.25, 0.3) is 0 Å². The van der Waals surface area contributed by atoms with E-state index in [0.29, 0.717) is 11.8 Å². The second kappa shape index (κ2) is 5.39. The average Bonchev–Trinajstić information content (AvgIpc) is 2.14. The lowest BCUT2D eigenvalue weighted by atomic mass is 10.3. The van der Waals surface area contributed by atoms with E-state index < -0.39 is 17.4 Å². The Morgan fingerprint density at radius 3 is 2.71 bits per heavy atom. The highest BCUT2D eigenvalue weighted by Gasteiger charge is 2.33. The van der Waals surface area contributed by atoms with Crippen LogP contribution in [0.15, 0.2) is 27.7 Å². The van der Waals surface area contributed by atoms with Crippen LogP contribution in [0.5, 0.6) is 0 Å². The highest BCUT2D eigenvalue weighted by Crippen LogP contribution is 2.27. The van der Waals surface area contributed by atoms with Crippen molar-refractivity contribution in [3.8, 4) is 0 Å². The van der Waals surface area contributed by atoms with E-state index in [1.807, 2.05) is 19.9 Å². The van der Waals surface area contributed by atoms with E-state index in [4.69, 9.17) is 0 Å². The minimum atomic E-state index is -4.60. The van der Waals surface area contributed by atoms with Crippen LogP contribution in [0.4, 0.5) is 13.2 Å². The van der Waals surface area contributed by atoms with Gasteiger partial charge in [-0.05, 0) is 13.8 Å². The summed E-state index contributed by atoms with van der Waals surface area (Å²) in [6.07, 6.45) is -2.76. The second-order valence-electron chi connectivity index (χ2n) is 3.53. The molecule has 0 amide bonds. The van der Waals surface area contributed by atoms with Crippen LogP contribution < -0.4 is 5.56 Å². The molecule has 7 heteroatoms. The lowest BCUT2D eigenvalue weighted by Gasteiger charge is -2.06. The Balaban J connectivity index is 2.91. The largest absolute Gasteiger partial charge is 0.433 e. The van der Waals surface area contributed by atoms with E-state index >= 15 is 0 Å². The summed E-state index contributed by atoms with van der Waals surface area (Å²) in [7, 11) is 0. The van der Waals surface area contributed by atoms with E-state index in [0.717, 1.165) is 17.3 Å². The van der Waals surface area contributed by atoms with Crippen LogP contribution in [-0.4, -0.2) is 15.7 Å². The minimum absolute atomic E-state index is 0.0256. The Morgan fingerprint density at radius 1 is 1.53 bits per heavy atom. The number of alkyl halides is 3. The van der Waals surface area contributed by atoms with Crippen molar-refractivity contribution in [3.05, 3.63) is 33.8 Å². The molecule has 1 N–H and O–H groups in total. The van der Waals surface area contributed by atoms with Crippen molar-refractivity contribution in [1.82, 2.24) is 9.97 Å². The molecule has 17 heavy (non-hydrogen) atoms.